The highest BCUT2D eigenvalue weighted by molar-refractivity contribution is 8.00. The number of amides is 1. The third-order valence-electron chi connectivity index (χ3n) is 2.66. The van der Waals surface area contributed by atoms with Gasteiger partial charge >= 0.3 is 0 Å². The number of nitrogens with one attached hydrogen (secondary N) is 1. The van der Waals surface area contributed by atoms with Crippen molar-refractivity contribution in [1.29, 1.82) is 0 Å². The molecule has 1 unspecified atom stereocenters. The lowest BCUT2D eigenvalue weighted by molar-refractivity contribution is -0.383. The Bertz CT molecular complexity index is 649. The molecule has 2 aromatic rings. The van der Waals surface area contributed by atoms with Crippen LogP contribution in [0.4, 0.5) is 11.4 Å². The van der Waals surface area contributed by atoms with Gasteiger partial charge in [0.1, 0.15) is 5.69 Å². The van der Waals surface area contributed by atoms with Crippen LogP contribution in [-0.2, 0) is 4.79 Å². The second-order valence-corrected chi connectivity index (χ2v) is 5.55. The second kappa shape index (κ2) is 6.85. The lowest BCUT2D eigenvalue weighted by Gasteiger charge is -2.11. The van der Waals surface area contributed by atoms with Crippen LogP contribution in [0.3, 0.4) is 0 Å². The first-order valence-electron chi connectivity index (χ1n) is 6.20. The summed E-state index contributed by atoms with van der Waals surface area (Å²) in [7, 11) is 0. The first-order chi connectivity index (χ1) is 10.1. The van der Waals surface area contributed by atoms with Crippen LogP contribution in [0.25, 0.3) is 0 Å². The van der Waals surface area contributed by atoms with Crippen LogP contribution in [0, 0.1) is 10.1 Å². The summed E-state index contributed by atoms with van der Waals surface area (Å²) in [5.41, 5.74) is 0.0712. The third-order valence-corrected chi connectivity index (χ3v) is 3.71. The number of pyridine rings is 1. The average molecular weight is 303 g/mol. The fraction of sp³-hybridized carbons (Fsp3) is 0.143. The van der Waals surface area contributed by atoms with E-state index in [-0.39, 0.29) is 17.3 Å². The SMILES string of the molecule is CC(Sc1ccccn1)C(=O)Nc1ccccc1[N+](=O)[O-]. The summed E-state index contributed by atoms with van der Waals surface area (Å²) in [4.78, 5) is 26.6. The summed E-state index contributed by atoms with van der Waals surface area (Å²) >= 11 is 1.29. The van der Waals surface area contributed by atoms with E-state index in [1.165, 1.54) is 23.9 Å². The minimum Gasteiger partial charge on any atom is -0.319 e. The molecule has 1 amide bonds. The normalized spacial score (nSPS) is 11.7. The first kappa shape index (κ1) is 15.0. The number of anilines is 1. The van der Waals surface area contributed by atoms with Gasteiger partial charge in [-0.05, 0) is 25.1 Å². The highest BCUT2D eigenvalue weighted by Gasteiger charge is 2.19. The predicted octanol–water partition coefficient (Wildman–Crippen LogP) is 3.11. The first-order valence-corrected chi connectivity index (χ1v) is 7.08. The Hall–Kier alpha value is -2.41. The van der Waals surface area contributed by atoms with Gasteiger partial charge in [-0.3, -0.25) is 14.9 Å². The molecule has 1 aromatic heterocycles. The van der Waals surface area contributed by atoms with Crippen molar-refractivity contribution in [2.75, 3.05) is 5.32 Å². The maximum absolute atomic E-state index is 12.1. The Kier molecular flexibility index (Phi) is 4.89. The zero-order valence-corrected chi connectivity index (χ0v) is 12.0. The predicted molar refractivity (Wildman–Crippen MR) is 81.3 cm³/mol. The summed E-state index contributed by atoms with van der Waals surface area (Å²) in [6.45, 7) is 1.73. The number of nitrogens with zero attached hydrogens (tertiary/aromatic N) is 2. The molecule has 1 N–H and O–H groups in total. The number of aromatic nitrogens is 1. The zero-order chi connectivity index (χ0) is 15.2. The number of carbonyl (C=O) groups is 1. The highest BCUT2D eigenvalue weighted by atomic mass is 32.2. The smallest absolute Gasteiger partial charge is 0.292 e. The zero-order valence-electron chi connectivity index (χ0n) is 11.2. The van der Waals surface area contributed by atoms with Crippen molar-refractivity contribution in [3.63, 3.8) is 0 Å². The van der Waals surface area contributed by atoms with Crippen LogP contribution < -0.4 is 5.32 Å². The quantitative estimate of drug-likeness (QED) is 0.521. The average Bonchev–Trinajstić information content (AvgIpc) is 2.48. The molecule has 0 fully saturated rings. The van der Waals surface area contributed by atoms with Crippen LogP contribution in [0.5, 0.6) is 0 Å². The van der Waals surface area contributed by atoms with Crippen molar-refractivity contribution in [2.45, 2.75) is 17.2 Å². The summed E-state index contributed by atoms with van der Waals surface area (Å²) in [6.07, 6.45) is 1.65. The second-order valence-electron chi connectivity index (χ2n) is 4.19. The largest absolute Gasteiger partial charge is 0.319 e. The fourth-order valence-electron chi connectivity index (χ4n) is 1.62. The van der Waals surface area contributed by atoms with Gasteiger partial charge in [0.25, 0.3) is 5.69 Å². The van der Waals surface area contributed by atoms with Gasteiger partial charge in [0.15, 0.2) is 0 Å². The molecule has 2 rings (SSSR count). The summed E-state index contributed by atoms with van der Waals surface area (Å²) < 4.78 is 0. The van der Waals surface area contributed by atoms with E-state index in [0.29, 0.717) is 0 Å². The van der Waals surface area contributed by atoms with Crippen molar-refractivity contribution in [3.8, 4) is 0 Å². The Morgan fingerprint density at radius 2 is 2.00 bits per heavy atom. The monoisotopic (exact) mass is 303 g/mol. The molecular weight excluding hydrogens is 290 g/mol. The van der Waals surface area contributed by atoms with Gasteiger partial charge in [0, 0.05) is 12.3 Å². The number of carbonyl (C=O) groups excluding carboxylic acids is 1. The lowest BCUT2D eigenvalue weighted by atomic mass is 10.2. The molecule has 0 aliphatic carbocycles. The molecule has 0 bridgehead atoms. The summed E-state index contributed by atoms with van der Waals surface area (Å²) in [5, 5.41) is 13.8. The molecule has 21 heavy (non-hydrogen) atoms. The minimum atomic E-state index is -0.522. The maximum Gasteiger partial charge on any atom is 0.292 e. The van der Waals surface area contributed by atoms with Crippen molar-refractivity contribution in [1.82, 2.24) is 4.98 Å². The number of thioether (sulfide) groups is 1. The molecular formula is C14H13N3O3S. The highest BCUT2D eigenvalue weighted by Crippen LogP contribution is 2.26. The van der Waals surface area contributed by atoms with Crippen LogP contribution in [0.1, 0.15) is 6.92 Å². The molecule has 0 aliphatic heterocycles. The number of nitro benzene ring substituents is 1. The van der Waals surface area contributed by atoms with E-state index in [2.05, 4.69) is 10.3 Å². The van der Waals surface area contributed by atoms with Gasteiger partial charge in [-0.25, -0.2) is 4.98 Å². The van der Waals surface area contributed by atoms with Gasteiger partial charge in [-0.2, -0.15) is 0 Å². The van der Waals surface area contributed by atoms with E-state index in [4.69, 9.17) is 0 Å². The summed E-state index contributed by atoms with van der Waals surface area (Å²) in [6, 6.07) is 11.5. The van der Waals surface area contributed by atoms with E-state index in [1.807, 2.05) is 6.07 Å². The van der Waals surface area contributed by atoms with Crippen LogP contribution in [0.2, 0.25) is 0 Å². The number of hydrogen-bond donors (Lipinski definition) is 1. The number of rotatable bonds is 5. The van der Waals surface area contributed by atoms with E-state index in [9.17, 15) is 14.9 Å². The van der Waals surface area contributed by atoms with Crippen molar-refractivity contribution in [2.24, 2.45) is 0 Å². The standard InChI is InChI=1S/C14H13N3O3S/c1-10(21-13-8-4-5-9-15-13)14(18)16-11-6-2-3-7-12(11)17(19)20/h2-10H,1H3,(H,16,18). The maximum atomic E-state index is 12.1. The van der Waals surface area contributed by atoms with Crippen LogP contribution >= 0.6 is 11.8 Å². The van der Waals surface area contributed by atoms with E-state index < -0.39 is 10.2 Å². The van der Waals surface area contributed by atoms with Gasteiger partial charge in [-0.1, -0.05) is 30.0 Å². The number of benzene rings is 1. The molecule has 6 nitrogen and oxygen atoms in total. The number of nitro groups is 1. The van der Waals surface area contributed by atoms with E-state index in [0.717, 1.165) is 5.03 Å². The number of para-hydroxylation sites is 2. The fourth-order valence-corrected chi connectivity index (χ4v) is 2.43. The van der Waals surface area contributed by atoms with Crippen molar-refractivity contribution >= 4 is 29.0 Å². The Labute approximate surface area is 125 Å². The van der Waals surface area contributed by atoms with Crippen LogP contribution in [0.15, 0.2) is 53.7 Å². The Morgan fingerprint density at radius 3 is 2.67 bits per heavy atom. The van der Waals surface area contributed by atoms with E-state index >= 15 is 0 Å². The minimum absolute atomic E-state index is 0.124. The van der Waals surface area contributed by atoms with Crippen molar-refractivity contribution in [3.05, 3.63) is 58.8 Å². The third kappa shape index (κ3) is 4.03. The van der Waals surface area contributed by atoms with Crippen LogP contribution in [-0.4, -0.2) is 21.1 Å². The van der Waals surface area contributed by atoms with Gasteiger partial charge in [0.2, 0.25) is 5.91 Å². The van der Waals surface area contributed by atoms with Crippen molar-refractivity contribution < 1.29 is 9.72 Å². The Morgan fingerprint density at radius 1 is 1.29 bits per heavy atom. The molecule has 1 atom stereocenters. The molecule has 0 aliphatic rings. The molecule has 0 radical (unpaired) electrons. The Balaban J connectivity index is 2.06. The topological polar surface area (TPSA) is 85.1 Å². The molecule has 0 saturated carbocycles. The molecule has 1 heterocycles. The molecule has 1 aromatic carbocycles. The molecule has 0 saturated heterocycles. The van der Waals surface area contributed by atoms with Gasteiger partial charge in [0.05, 0.1) is 15.2 Å². The summed E-state index contributed by atoms with van der Waals surface area (Å²) in [5.74, 6) is -0.306. The van der Waals surface area contributed by atoms with Gasteiger partial charge in [-0.15, -0.1) is 0 Å². The molecule has 7 heteroatoms. The van der Waals surface area contributed by atoms with E-state index in [1.54, 1.807) is 37.4 Å². The molecule has 108 valence electrons. The lowest BCUT2D eigenvalue weighted by Crippen LogP contribution is -2.23. The number of hydrogen-bond acceptors (Lipinski definition) is 5. The molecule has 0 spiro atoms. The van der Waals surface area contributed by atoms with Gasteiger partial charge < -0.3 is 5.32 Å².